The second-order valence-corrected chi connectivity index (χ2v) is 4.98. The van der Waals surface area contributed by atoms with E-state index in [-0.39, 0.29) is 5.56 Å². The number of fused-ring (bicyclic) bond motifs is 2. The molecule has 0 radical (unpaired) electrons. The van der Waals surface area contributed by atoms with Crippen LogP contribution in [0.5, 0.6) is 5.75 Å². The Morgan fingerprint density at radius 3 is 2.73 bits per heavy atom. The Balaban J connectivity index is 2.09. The topological polar surface area (TPSA) is 59.9 Å². The third-order valence-corrected chi connectivity index (χ3v) is 3.71. The van der Waals surface area contributed by atoms with Crippen LogP contribution in [-0.2, 0) is 0 Å². The van der Waals surface area contributed by atoms with Crippen molar-refractivity contribution in [3.8, 4) is 11.7 Å². The lowest BCUT2D eigenvalue weighted by molar-refractivity contribution is 0.419. The number of hydrogen-bond acceptors (Lipinski definition) is 3. The highest BCUT2D eigenvalue weighted by Gasteiger charge is 2.11. The van der Waals surface area contributed by atoms with E-state index in [0.717, 1.165) is 27.7 Å². The van der Waals surface area contributed by atoms with Gasteiger partial charge in [-0.2, -0.15) is 0 Å². The standard InChI is InChI=1S/C17H13N3O2/c1-22-15-8-4-7-14-11(15)9-10-16(21)20(14)17-18-12-5-2-3-6-13(12)19-17/h2-10H,1H3,(H,18,19). The van der Waals surface area contributed by atoms with Crippen LogP contribution >= 0.6 is 0 Å². The number of methoxy groups -OCH3 is 1. The number of nitrogens with zero attached hydrogens (tertiary/aromatic N) is 2. The molecule has 5 heteroatoms. The third kappa shape index (κ3) is 1.79. The maximum Gasteiger partial charge on any atom is 0.257 e. The summed E-state index contributed by atoms with van der Waals surface area (Å²) in [7, 11) is 1.62. The molecule has 0 fully saturated rings. The van der Waals surface area contributed by atoms with E-state index in [1.54, 1.807) is 17.7 Å². The molecule has 2 aromatic carbocycles. The van der Waals surface area contributed by atoms with Crippen LogP contribution in [0.15, 0.2) is 59.4 Å². The van der Waals surface area contributed by atoms with E-state index in [9.17, 15) is 4.79 Å². The van der Waals surface area contributed by atoms with Crippen LogP contribution in [0.3, 0.4) is 0 Å². The molecule has 0 saturated heterocycles. The molecule has 1 N–H and O–H groups in total. The molecule has 5 nitrogen and oxygen atoms in total. The predicted octanol–water partition coefficient (Wildman–Crippen LogP) is 2.88. The van der Waals surface area contributed by atoms with Crippen molar-refractivity contribution in [1.29, 1.82) is 0 Å². The van der Waals surface area contributed by atoms with Gasteiger partial charge in [0, 0.05) is 11.5 Å². The fraction of sp³-hybridized carbons (Fsp3) is 0.0588. The van der Waals surface area contributed by atoms with E-state index in [1.807, 2.05) is 42.5 Å². The average Bonchev–Trinajstić information content (AvgIpc) is 2.97. The molecular formula is C17H13N3O2. The molecule has 4 rings (SSSR count). The Kier molecular flexibility index (Phi) is 2.72. The van der Waals surface area contributed by atoms with Crippen molar-refractivity contribution in [2.45, 2.75) is 0 Å². The van der Waals surface area contributed by atoms with E-state index < -0.39 is 0 Å². The van der Waals surface area contributed by atoms with Crippen molar-refractivity contribution in [2.24, 2.45) is 0 Å². The molecule has 4 aromatic rings. The number of benzene rings is 2. The molecule has 0 bridgehead atoms. The first-order valence-electron chi connectivity index (χ1n) is 6.92. The minimum absolute atomic E-state index is 0.139. The largest absolute Gasteiger partial charge is 0.496 e. The first-order chi connectivity index (χ1) is 10.8. The van der Waals surface area contributed by atoms with Crippen molar-refractivity contribution >= 4 is 21.9 Å². The van der Waals surface area contributed by atoms with Crippen molar-refractivity contribution in [2.75, 3.05) is 7.11 Å². The Labute approximate surface area is 125 Å². The zero-order valence-corrected chi connectivity index (χ0v) is 11.9. The number of nitrogens with one attached hydrogen (secondary N) is 1. The van der Waals surface area contributed by atoms with Gasteiger partial charge in [-0.05, 0) is 30.3 Å². The minimum atomic E-state index is -0.139. The minimum Gasteiger partial charge on any atom is -0.496 e. The molecule has 2 aromatic heterocycles. The van der Waals surface area contributed by atoms with E-state index in [1.165, 1.54) is 6.07 Å². The van der Waals surface area contributed by atoms with Crippen molar-refractivity contribution in [3.63, 3.8) is 0 Å². The van der Waals surface area contributed by atoms with Gasteiger partial charge in [0.25, 0.3) is 5.56 Å². The first-order valence-corrected chi connectivity index (χ1v) is 6.92. The molecule has 0 aliphatic heterocycles. The molecule has 0 unspecified atom stereocenters. The van der Waals surface area contributed by atoms with E-state index in [2.05, 4.69) is 9.97 Å². The highest BCUT2D eigenvalue weighted by Crippen LogP contribution is 2.25. The maximum absolute atomic E-state index is 12.4. The molecule has 108 valence electrons. The summed E-state index contributed by atoms with van der Waals surface area (Å²) >= 11 is 0. The van der Waals surface area contributed by atoms with Crippen molar-refractivity contribution in [3.05, 3.63) is 65.0 Å². The van der Waals surface area contributed by atoms with Crippen LogP contribution in [0.25, 0.3) is 27.9 Å². The summed E-state index contributed by atoms with van der Waals surface area (Å²) in [6.45, 7) is 0. The van der Waals surface area contributed by atoms with Crippen LogP contribution in [-0.4, -0.2) is 21.6 Å². The highest BCUT2D eigenvalue weighted by atomic mass is 16.5. The number of H-pyrrole nitrogens is 1. The predicted molar refractivity (Wildman–Crippen MR) is 85.7 cm³/mol. The molecule has 0 atom stereocenters. The van der Waals surface area contributed by atoms with Crippen molar-refractivity contribution in [1.82, 2.24) is 14.5 Å². The van der Waals surface area contributed by atoms with E-state index in [0.29, 0.717) is 5.95 Å². The number of hydrogen-bond donors (Lipinski definition) is 1. The van der Waals surface area contributed by atoms with Gasteiger partial charge in [-0.1, -0.05) is 18.2 Å². The Morgan fingerprint density at radius 1 is 1.05 bits per heavy atom. The van der Waals surface area contributed by atoms with Gasteiger partial charge in [0.15, 0.2) is 0 Å². The van der Waals surface area contributed by atoms with Crippen LogP contribution in [0.2, 0.25) is 0 Å². The van der Waals surface area contributed by atoms with Crippen molar-refractivity contribution < 1.29 is 4.74 Å². The van der Waals surface area contributed by atoms with Gasteiger partial charge < -0.3 is 9.72 Å². The Morgan fingerprint density at radius 2 is 1.91 bits per heavy atom. The summed E-state index contributed by atoms with van der Waals surface area (Å²) in [5.74, 6) is 1.23. The lowest BCUT2D eigenvalue weighted by Crippen LogP contribution is -2.18. The molecule has 0 saturated carbocycles. The SMILES string of the molecule is COc1cccc2c1ccc(=O)n2-c1nc2ccccc2[nH]1. The quantitative estimate of drug-likeness (QED) is 0.618. The molecular weight excluding hydrogens is 278 g/mol. The molecule has 0 amide bonds. The van der Waals surface area contributed by atoms with Crippen LogP contribution < -0.4 is 10.3 Å². The lowest BCUT2D eigenvalue weighted by atomic mass is 10.2. The number of aromatic amines is 1. The monoisotopic (exact) mass is 291 g/mol. The number of aromatic nitrogens is 3. The zero-order valence-electron chi connectivity index (χ0n) is 11.9. The van der Waals surface area contributed by atoms with Crippen LogP contribution in [0, 0.1) is 0 Å². The number of ether oxygens (including phenoxy) is 1. The summed E-state index contributed by atoms with van der Waals surface area (Å²) in [5, 5.41) is 0.866. The van der Waals surface area contributed by atoms with Gasteiger partial charge in [0.2, 0.25) is 5.95 Å². The van der Waals surface area contributed by atoms with Crippen LogP contribution in [0.4, 0.5) is 0 Å². The summed E-state index contributed by atoms with van der Waals surface area (Å²) in [6.07, 6.45) is 0. The second-order valence-electron chi connectivity index (χ2n) is 4.98. The summed E-state index contributed by atoms with van der Waals surface area (Å²) in [4.78, 5) is 20.1. The third-order valence-electron chi connectivity index (χ3n) is 3.71. The first kappa shape index (κ1) is 12.6. The maximum atomic E-state index is 12.4. The lowest BCUT2D eigenvalue weighted by Gasteiger charge is -2.09. The zero-order chi connectivity index (χ0) is 15.1. The van der Waals surface area contributed by atoms with Gasteiger partial charge >= 0.3 is 0 Å². The number of pyridine rings is 1. The Hall–Kier alpha value is -3.08. The summed E-state index contributed by atoms with van der Waals surface area (Å²) < 4.78 is 6.94. The van der Waals surface area contributed by atoms with Gasteiger partial charge in [-0.3, -0.25) is 4.79 Å². The number of para-hydroxylation sites is 2. The number of imidazole rings is 1. The fourth-order valence-corrected chi connectivity index (χ4v) is 2.68. The number of rotatable bonds is 2. The second kappa shape index (κ2) is 4.73. The molecule has 0 aliphatic rings. The van der Waals surface area contributed by atoms with Gasteiger partial charge in [0.05, 0.1) is 23.7 Å². The summed E-state index contributed by atoms with van der Waals surface area (Å²) in [5.41, 5.74) is 2.33. The molecule has 22 heavy (non-hydrogen) atoms. The molecule has 0 spiro atoms. The fourth-order valence-electron chi connectivity index (χ4n) is 2.68. The van der Waals surface area contributed by atoms with E-state index >= 15 is 0 Å². The molecule has 2 heterocycles. The van der Waals surface area contributed by atoms with Gasteiger partial charge in [-0.25, -0.2) is 9.55 Å². The van der Waals surface area contributed by atoms with Crippen LogP contribution in [0.1, 0.15) is 0 Å². The smallest absolute Gasteiger partial charge is 0.257 e. The average molecular weight is 291 g/mol. The van der Waals surface area contributed by atoms with Gasteiger partial charge in [-0.15, -0.1) is 0 Å². The van der Waals surface area contributed by atoms with Gasteiger partial charge in [0.1, 0.15) is 5.75 Å². The Bertz CT molecular complexity index is 1010. The summed E-state index contributed by atoms with van der Waals surface area (Å²) in [6, 6.07) is 16.6. The van der Waals surface area contributed by atoms with E-state index in [4.69, 9.17) is 4.74 Å². The molecule has 0 aliphatic carbocycles. The normalized spacial score (nSPS) is 11.1. The highest BCUT2D eigenvalue weighted by molar-refractivity contribution is 5.87.